The summed E-state index contributed by atoms with van der Waals surface area (Å²) < 4.78 is 11.1. The molecule has 0 aliphatic carbocycles. The highest BCUT2D eigenvalue weighted by Gasteiger charge is 2.17. The van der Waals surface area contributed by atoms with Crippen LogP contribution < -0.4 is 10.1 Å². The molecule has 26 heavy (non-hydrogen) atoms. The van der Waals surface area contributed by atoms with Gasteiger partial charge < -0.3 is 14.5 Å². The van der Waals surface area contributed by atoms with E-state index in [-0.39, 0.29) is 18.3 Å². The fourth-order valence-electron chi connectivity index (χ4n) is 2.71. The van der Waals surface area contributed by atoms with Gasteiger partial charge in [0.1, 0.15) is 12.4 Å². The highest BCUT2D eigenvalue weighted by Crippen LogP contribution is 2.22. The van der Waals surface area contributed by atoms with Crippen LogP contribution >= 0.6 is 0 Å². The third-order valence-electron chi connectivity index (χ3n) is 3.97. The molecule has 0 bridgehead atoms. The Morgan fingerprint density at radius 3 is 2.73 bits per heavy atom. The molecule has 0 aliphatic heterocycles. The summed E-state index contributed by atoms with van der Waals surface area (Å²) in [6.45, 7) is 0.247. The lowest BCUT2D eigenvalue weighted by Crippen LogP contribution is -2.14. The van der Waals surface area contributed by atoms with Gasteiger partial charge >= 0.3 is 0 Å². The van der Waals surface area contributed by atoms with Gasteiger partial charge in [0, 0.05) is 17.1 Å². The number of amides is 1. The highest BCUT2D eigenvalue weighted by atomic mass is 16.5. The Labute approximate surface area is 150 Å². The summed E-state index contributed by atoms with van der Waals surface area (Å²) >= 11 is 0. The van der Waals surface area contributed by atoms with E-state index in [1.165, 1.54) is 6.26 Å². The van der Waals surface area contributed by atoms with Gasteiger partial charge in [-0.2, -0.15) is 0 Å². The SMILES string of the molecule is O=C(Nc1cccc2cccnc12)c1occc1COc1ccccc1. The Morgan fingerprint density at radius 1 is 1.00 bits per heavy atom. The van der Waals surface area contributed by atoms with Crippen LogP contribution in [0, 0.1) is 0 Å². The van der Waals surface area contributed by atoms with Gasteiger partial charge in [-0.05, 0) is 30.3 Å². The number of anilines is 1. The summed E-state index contributed by atoms with van der Waals surface area (Å²) in [5, 5.41) is 3.83. The second kappa shape index (κ2) is 7.11. The van der Waals surface area contributed by atoms with Gasteiger partial charge in [-0.25, -0.2) is 0 Å². The van der Waals surface area contributed by atoms with Gasteiger partial charge in [0.2, 0.25) is 0 Å². The van der Waals surface area contributed by atoms with Crippen molar-refractivity contribution in [2.45, 2.75) is 6.61 Å². The Kier molecular flexibility index (Phi) is 4.35. The van der Waals surface area contributed by atoms with Gasteiger partial charge in [-0.3, -0.25) is 9.78 Å². The molecule has 0 spiro atoms. The molecular formula is C21H16N2O3. The molecule has 1 N–H and O–H groups in total. The van der Waals surface area contributed by atoms with Gasteiger partial charge in [0.05, 0.1) is 17.5 Å². The number of hydrogen-bond donors (Lipinski definition) is 1. The first-order valence-corrected chi connectivity index (χ1v) is 8.20. The van der Waals surface area contributed by atoms with Crippen molar-refractivity contribution in [1.82, 2.24) is 4.98 Å². The van der Waals surface area contributed by atoms with Crippen molar-refractivity contribution in [3.63, 3.8) is 0 Å². The van der Waals surface area contributed by atoms with Gasteiger partial charge in [-0.1, -0.05) is 36.4 Å². The zero-order chi connectivity index (χ0) is 17.8. The fourth-order valence-corrected chi connectivity index (χ4v) is 2.71. The largest absolute Gasteiger partial charge is 0.489 e. The predicted molar refractivity (Wildman–Crippen MR) is 99.2 cm³/mol. The summed E-state index contributed by atoms with van der Waals surface area (Å²) in [5.41, 5.74) is 2.05. The standard InChI is InChI=1S/C21H16N2O3/c24-21(23-18-10-4-6-15-7-5-12-22-19(15)18)20-16(11-13-25-20)14-26-17-8-2-1-3-9-17/h1-13H,14H2,(H,23,24). The average Bonchev–Trinajstić information content (AvgIpc) is 3.16. The lowest BCUT2D eigenvalue weighted by atomic mass is 10.2. The van der Waals surface area contributed by atoms with Crippen molar-refractivity contribution >= 4 is 22.5 Å². The maximum Gasteiger partial charge on any atom is 0.291 e. The van der Waals surface area contributed by atoms with Crippen LogP contribution in [0.1, 0.15) is 16.1 Å². The number of para-hydroxylation sites is 2. The van der Waals surface area contributed by atoms with Gasteiger partial charge in [0.25, 0.3) is 5.91 Å². The third-order valence-corrected chi connectivity index (χ3v) is 3.97. The maximum absolute atomic E-state index is 12.7. The minimum Gasteiger partial charge on any atom is -0.489 e. The number of nitrogens with one attached hydrogen (secondary N) is 1. The Bertz CT molecular complexity index is 1040. The third kappa shape index (κ3) is 3.28. The van der Waals surface area contributed by atoms with Crippen molar-refractivity contribution in [3.05, 3.63) is 90.5 Å². The van der Waals surface area contributed by atoms with Crippen LogP contribution in [-0.2, 0) is 6.61 Å². The molecule has 2 aromatic heterocycles. The minimum absolute atomic E-state index is 0.230. The monoisotopic (exact) mass is 344 g/mol. The molecule has 128 valence electrons. The quantitative estimate of drug-likeness (QED) is 0.572. The molecular weight excluding hydrogens is 328 g/mol. The number of carbonyl (C=O) groups excluding carboxylic acids is 1. The zero-order valence-electron chi connectivity index (χ0n) is 13.9. The number of rotatable bonds is 5. The number of carbonyl (C=O) groups is 1. The van der Waals surface area contributed by atoms with E-state index < -0.39 is 0 Å². The van der Waals surface area contributed by atoms with E-state index in [9.17, 15) is 4.79 Å². The van der Waals surface area contributed by atoms with Crippen LogP contribution in [0.4, 0.5) is 5.69 Å². The van der Waals surface area contributed by atoms with E-state index in [1.54, 1.807) is 12.3 Å². The fraction of sp³-hybridized carbons (Fsp3) is 0.0476. The Morgan fingerprint density at radius 2 is 1.85 bits per heavy atom. The Balaban J connectivity index is 1.53. The van der Waals surface area contributed by atoms with Gasteiger partial charge in [-0.15, -0.1) is 0 Å². The molecule has 5 nitrogen and oxygen atoms in total. The number of pyridine rings is 1. The van der Waals surface area contributed by atoms with E-state index >= 15 is 0 Å². The summed E-state index contributed by atoms with van der Waals surface area (Å²) in [5.74, 6) is 0.631. The predicted octanol–water partition coefficient (Wildman–Crippen LogP) is 4.66. The average molecular weight is 344 g/mol. The van der Waals surface area contributed by atoms with E-state index in [2.05, 4.69) is 10.3 Å². The number of benzene rings is 2. The number of fused-ring (bicyclic) bond motifs is 1. The van der Waals surface area contributed by atoms with Crippen molar-refractivity contribution in [1.29, 1.82) is 0 Å². The first kappa shape index (κ1) is 15.9. The molecule has 0 saturated carbocycles. The number of ether oxygens (including phenoxy) is 1. The van der Waals surface area contributed by atoms with E-state index in [0.29, 0.717) is 11.3 Å². The topological polar surface area (TPSA) is 64.4 Å². The first-order valence-electron chi connectivity index (χ1n) is 8.20. The molecule has 0 aliphatic rings. The van der Waals surface area contributed by atoms with Crippen molar-refractivity contribution in [3.8, 4) is 5.75 Å². The smallest absolute Gasteiger partial charge is 0.291 e. The molecule has 0 saturated heterocycles. The van der Waals surface area contributed by atoms with E-state index in [0.717, 1.165) is 16.7 Å². The highest BCUT2D eigenvalue weighted by molar-refractivity contribution is 6.07. The zero-order valence-corrected chi connectivity index (χ0v) is 13.9. The van der Waals surface area contributed by atoms with Crippen molar-refractivity contribution in [2.24, 2.45) is 0 Å². The molecule has 4 aromatic rings. The molecule has 0 radical (unpaired) electrons. The van der Waals surface area contributed by atoms with Crippen LogP contribution in [-0.4, -0.2) is 10.9 Å². The number of nitrogens with zero attached hydrogens (tertiary/aromatic N) is 1. The molecule has 0 atom stereocenters. The summed E-state index contributed by atoms with van der Waals surface area (Å²) in [6, 6.07) is 20.6. The molecule has 5 heteroatoms. The van der Waals surface area contributed by atoms with E-state index in [4.69, 9.17) is 9.15 Å². The summed E-state index contributed by atoms with van der Waals surface area (Å²) in [6.07, 6.45) is 3.18. The molecule has 0 fully saturated rings. The van der Waals surface area contributed by atoms with Crippen LogP contribution in [0.5, 0.6) is 5.75 Å². The van der Waals surface area contributed by atoms with Crippen LogP contribution in [0.3, 0.4) is 0 Å². The lowest BCUT2D eigenvalue weighted by molar-refractivity contribution is 0.0993. The van der Waals surface area contributed by atoms with Crippen molar-refractivity contribution in [2.75, 3.05) is 5.32 Å². The molecule has 2 heterocycles. The van der Waals surface area contributed by atoms with Crippen LogP contribution in [0.2, 0.25) is 0 Å². The second-order valence-electron chi connectivity index (χ2n) is 5.71. The summed E-state index contributed by atoms with van der Waals surface area (Å²) in [4.78, 5) is 17.0. The number of hydrogen-bond acceptors (Lipinski definition) is 4. The lowest BCUT2D eigenvalue weighted by Gasteiger charge is -2.09. The number of aromatic nitrogens is 1. The minimum atomic E-state index is -0.334. The second-order valence-corrected chi connectivity index (χ2v) is 5.71. The Hall–Kier alpha value is -3.60. The maximum atomic E-state index is 12.7. The number of furan rings is 1. The van der Waals surface area contributed by atoms with Gasteiger partial charge in [0.15, 0.2) is 5.76 Å². The van der Waals surface area contributed by atoms with E-state index in [1.807, 2.05) is 60.7 Å². The summed E-state index contributed by atoms with van der Waals surface area (Å²) in [7, 11) is 0. The molecule has 0 unspecified atom stereocenters. The normalized spacial score (nSPS) is 10.6. The molecule has 1 amide bonds. The van der Waals surface area contributed by atoms with Crippen LogP contribution in [0.15, 0.2) is 83.6 Å². The first-order chi connectivity index (χ1) is 12.8. The molecule has 4 rings (SSSR count). The van der Waals surface area contributed by atoms with Crippen molar-refractivity contribution < 1.29 is 13.9 Å². The molecule has 2 aromatic carbocycles. The van der Waals surface area contributed by atoms with Crippen LogP contribution in [0.25, 0.3) is 10.9 Å².